The molecule has 1 aliphatic rings. The number of hydrogen-bond acceptors (Lipinski definition) is 7. The number of hydrogen-bond donors (Lipinski definition) is 4. The fraction of sp³-hybridized carbons (Fsp3) is 0.353. The van der Waals surface area contributed by atoms with Crippen molar-refractivity contribution in [3.63, 3.8) is 0 Å². The molecule has 2 aromatic rings. The van der Waals surface area contributed by atoms with Gasteiger partial charge < -0.3 is 20.8 Å². The van der Waals surface area contributed by atoms with E-state index in [0.717, 1.165) is 31.6 Å². The summed E-state index contributed by atoms with van der Waals surface area (Å²) in [6, 6.07) is 3.60. The third-order valence-corrected chi connectivity index (χ3v) is 4.60. The van der Waals surface area contributed by atoms with Crippen LogP contribution in [0, 0.1) is 0 Å². The van der Waals surface area contributed by atoms with Gasteiger partial charge in [-0.3, -0.25) is 9.78 Å². The number of pyridine rings is 1. The first-order valence-corrected chi connectivity index (χ1v) is 9.54. The first kappa shape index (κ1) is 27.8. The largest absolute Gasteiger partial charge is 0.490 e. The predicted molar refractivity (Wildman–Crippen MR) is 102 cm³/mol. The van der Waals surface area contributed by atoms with Crippen LogP contribution in [-0.2, 0) is 22.4 Å². The van der Waals surface area contributed by atoms with Crippen molar-refractivity contribution in [3.05, 3.63) is 40.1 Å². The number of alkyl halides is 6. The number of nitrogens with zero attached hydrogens (tertiary/aromatic N) is 2. The van der Waals surface area contributed by atoms with Crippen LogP contribution < -0.4 is 10.6 Å². The molecule has 0 aliphatic carbocycles. The van der Waals surface area contributed by atoms with Gasteiger partial charge in [-0.05, 0) is 18.6 Å². The van der Waals surface area contributed by atoms with Crippen LogP contribution in [-0.4, -0.2) is 63.5 Å². The van der Waals surface area contributed by atoms with Gasteiger partial charge in [0, 0.05) is 30.6 Å². The van der Waals surface area contributed by atoms with Crippen LogP contribution in [0.1, 0.15) is 20.4 Å². The second kappa shape index (κ2) is 12.1. The number of carboxylic acid groups (broad SMARTS) is 2. The zero-order valence-electron chi connectivity index (χ0n) is 16.3. The minimum Gasteiger partial charge on any atom is -0.475 e. The first-order valence-electron chi connectivity index (χ1n) is 8.72. The predicted octanol–water partition coefficient (Wildman–Crippen LogP) is 2.75. The molecule has 0 bridgehead atoms. The molecule has 0 saturated carbocycles. The smallest absolute Gasteiger partial charge is 0.475 e. The van der Waals surface area contributed by atoms with E-state index in [9.17, 15) is 31.1 Å². The van der Waals surface area contributed by atoms with Crippen molar-refractivity contribution in [2.45, 2.75) is 25.2 Å². The van der Waals surface area contributed by atoms with E-state index in [1.165, 1.54) is 16.2 Å². The molecule has 182 valence electrons. The van der Waals surface area contributed by atoms with E-state index in [4.69, 9.17) is 19.8 Å². The summed E-state index contributed by atoms with van der Waals surface area (Å²) in [5, 5.41) is 20.9. The summed E-state index contributed by atoms with van der Waals surface area (Å²) in [5.41, 5.74) is 1.76. The highest BCUT2D eigenvalue weighted by Crippen LogP contribution is 2.22. The van der Waals surface area contributed by atoms with Crippen molar-refractivity contribution in [2.24, 2.45) is 0 Å². The highest BCUT2D eigenvalue weighted by atomic mass is 32.1. The quantitative estimate of drug-likeness (QED) is 0.460. The summed E-state index contributed by atoms with van der Waals surface area (Å²) >= 11 is 1.49. The number of fused-ring (bicyclic) bond motifs is 1. The number of aromatic nitrogens is 2. The van der Waals surface area contributed by atoms with Gasteiger partial charge in [-0.25, -0.2) is 14.6 Å². The molecule has 4 N–H and O–H groups in total. The average molecular weight is 502 g/mol. The van der Waals surface area contributed by atoms with Gasteiger partial charge in [0.25, 0.3) is 5.91 Å². The van der Waals surface area contributed by atoms with Gasteiger partial charge in [0.2, 0.25) is 0 Å². The Bertz CT molecular complexity index is 902. The van der Waals surface area contributed by atoms with Crippen LogP contribution in [0.15, 0.2) is 24.5 Å². The van der Waals surface area contributed by atoms with Crippen molar-refractivity contribution >= 4 is 34.9 Å². The molecule has 1 amide bonds. The molecule has 0 fully saturated rings. The minimum absolute atomic E-state index is 0.154. The third kappa shape index (κ3) is 10.3. The number of carbonyl (C=O) groups is 3. The summed E-state index contributed by atoms with van der Waals surface area (Å²) in [7, 11) is 0. The molecule has 3 heterocycles. The maximum absolute atomic E-state index is 12.1. The lowest BCUT2D eigenvalue weighted by Gasteiger charge is -2.01. The molecular formula is C17H16F6N4O5S. The number of carbonyl (C=O) groups excluding carboxylic acids is 1. The first-order chi connectivity index (χ1) is 15.2. The molecule has 2 aromatic heterocycles. The Hall–Kier alpha value is -3.27. The van der Waals surface area contributed by atoms with Gasteiger partial charge in [-0.15, -0.1) is 11.3 Å². The molecule has 0 atom stereocenters. The molecule has 1 aliphatic heterocycles. The lowest BCUT2D eigenvalue weighted by molar-refractivity contribution is -0.193. The number of nitrogens with one attached hydrogen (secondary N) is 2. The number of rotatable bonds is 2. The Kier molecular flexibility index (Phi) is 10.2. The van der Waals surface area contributed by atoms with E-state index in [-0.39, 0.29) is 5.91 Å². The lowest BCUT2D eigenvalue weighted by atomic mass is 10.2. The van der Waals surface area contributed by atoms with Crippen LogP contribution in [0.2, 0.25) is 0 Å². The number of halogens is 6. The van der Waals surface area contributed by atoms with Gasteiger partial charge in [0.05, 0.1) is 17.6 Å². The number of carboxylic acids is 2. The minimum atomic E-state index is -5.08. The SMILES string of the molecule is O=C(Nc1cccnc1)c1nc2c(s1)CCNCC2.O=C(O)C(F)(F)F.O=C(O)C(F)(F)F. The molecule has 9 nitrogen and oxygen atoms in total. The van der Waals surface area contributed by atoms with E-state index < -0.39 is 24.3 Å². The highest BCUT2D eigenvalue weighted by molar-refractivity contribution is 7.13. The molecule has 0 unspecified atom stereocenters. The molecule has 3 rings (SSSR count). The Balaban J connectivity index is 0.000000324. The number of aliphatic carboxylic acids is 2. The van der Waals surface area contributed by atoms with E-state index in [2.05, 4.69) is 20.6 Å². The van der Waals surface area contributed by atoms with Crippen molar-refractivity contribution in [3.8, 4) is 0 Å². The van der Waals surface area contributed by atoms with Gasteiger partial charge in [-0.1, -0.05) is 0 Å². The molecule has 0 radical (unpaired) electrons. The molecule has 0 saturated heterocycles. The van der Waals surface area contributed by atoms with E-state index in [1.807, 2.05) is 6.07 Å². The van der Waals surface area contributed by atoms with Crippen LogP contribution in [0.25, 0.3) is 0 Å². The molecule has 16 heteroatoms. The van der Waals surface area contributed by atoms with Crippen LogP contribution >= 0.6 is 11.3 Å². The fourth-order valence-corrected chi connectivity index (χ4v) is 3.03. The normalized spacial score (nSPS) is 13.2. The summed E-state index contributed by atoms with van der Waals surface area (Å²) < 4.78 is 63.5. The second-order valence-corrected chi connectivity index (χ2v) is 7.02. The van der Waals surface area contributed by atoms with E-state index in [1.54, 1.807) is 18.5 Å². The van der Waals surface area contributed by atoms with Gasteiger partial charge in [0.15, 0.2) is 5.01 Å². The highest BCUT2D eigenvalue weighted by Gasteiger charge is 2.38. The Morgan fingerprint density at radius 2 is 1.55 bits per heavy atom. The summed E-state index contributed by atoms with van der Waals surface area (Å²) in [5.74, 6) is -5.67. The molecule has 33 heavy (non-hydrogen) atoms. The van der Waals surface area contributed by atoms with Crippen molar-refractivity contribution < 1.29 is 50.9 Å². The molecular weight excluding hydrogens is 486 g/mol. The summed E-state index contributed by atoms with van der Waals surface area (Å²) in [4.78, 5) is 39.5. The van der Waals surface area contributed by atoms with Gasteiger partial charge in [-0.2, -0.15) is 26.3 Å². The molecule has 0 aromatic carbocycles. The second-order valence-electron chi connectivity index (χ2n) is 5.94. The maximum Gasteiger partial charge on any atom is 0.490 e. The summed E-state index contributed by atoms with van der Waals surface area (Å²) in [6.45, 7) is 1.89. The van der Waals surface area contributed by atoms with Gasteiger partial charge in [0.1, 0.15) is 0 Å². The van der Waals surface area contributed by atoms with E-state index >= 15 is 0 Å². The van der Waals surface area contributed by atoms with Crippen molar-refractivity contribution in [1.29, 1.82) is 0 Å². The lowest BCUT2D eigenvalue weighted by Crippen LogP contribution is -2.21. The van der Waals surface area contributed by atoms with Crippen LogP contribution in [0.3, 0.4) is 0 Å². The average Bonchev–Trinajstić information content (AvgIpc) is 2.99. The number of anilines is 1. The standard InChI is InChI=1S/C13H14N4OS.2C2HF3O2/c18-12(16-9-2-1-5-15-8-9)13-17-10-3-6-14-7-4-11(10)19-13;2*3-2(4,5)1(6)7/h1-2,5,8,14H,3-4,6-7H2,(H,16,18);2*(H,6,7). The van der Waals surface area contributed by atoms with Crippen molar-refractivity contribution in [2.75, 3.05) is 18.4 Å². The van der Waals surface area contributed by atoms with Crippen molar-refractivity contribution in [1.82, 2.24) is 15.3 Å². The fourth-order valence-electron chi connectivity index (χ4n) is 2.03. The zero-order valence-corrected chi connectivity index (χ0v) is 17.1. The zero-order chi connectivity index (χ0) is 25.2. The maximum atomic E-state index is 12.1. The third-order valence-electron chi connectivity index (χ3n) is 3.44. The number of amides is 1. The Morgan fingerprint density at radius 1 is 1.00 bits per heavy atom. The molecule has 0 spiro atoms. The topological polar surface area (TPSA) is 142 Å². The Labute approximate surface area is 185 Å². The van der Waals surface area contributed by atoms with Crippen LogP contribution in [0.5, 0.6) is 0 Å². The number of thiazole rings is 1. The van der Waals surface area contributed by atoms with Gasteiger partial charge >= 0.3 is 24.3 Å². The van der Waals surface area contributed by atoms with E-state index in [0.29, 0.717) is 10.7 Å². The van der Waals surface area contributed by atoms with Crippen LogP contribution in [0.4, 0.5) is 32.0 Å². The monoisotopic (exact) mass is 502 g/mol. The summed E-state index contributed by atoms with van der Waals surface area (Å²) in [6.07, 6.45) is -5.02. The Morgan fingerprint density at radius 3 is 2.03 bits per heavy atom.